The van der Waals surface area contributed by atoms with E-state index < -0.39 is 0 Å². The highest BCUT2D eigenvalue weighted by molar-refractivity contribution is 5.79. The van der Waals surface area contributed by atoms with Gasteiger partial charge in [-0.15, -0.1) is 0 Å². The number of nitrogens with zero attached hydrogens (tertiary/aromatic N) is 5. The lowest BCUT2D eigenvalue weighted by Crippen LogP contribution is -2.47. The summed E-state index contributed by atoms with van der Waals surface area (Å²) in [5.41, 5.74) is 1.10. The number of guanidine groups is 1. The van der Waals surface area contributed by atoms with Gasteiger partial charge in [-0.25, -0.2) is 9.97 Å². The van der Waals surface area contributed by atoms with Gasteiger partial charge in [0.05, 0.1) is 14.2 Å². The summed E-state index contributed by atoms with van der Waals surface area (Å²) in [5.74, 6) is 3.07. The lowest BCUT2D eigenvalue weighted by Gasteiger charge is -2.34. The topological polar surface area (TPSA) is 87.1 Å². The number of nitrogens with one attached hydrogen (secondary N) is 2. The molecule has 0 unspecified atom stereocenters. The van der Waals surface area contributed by atoms with E-state index in [1.54, 1.807) is 33.7 Å². The van der Waals surface area contributed by atoms with Gasteiger partial charge in [0.2, 0.25) is 5.95 Å². The highest BCUT2D eigenvalue weighted by Crippen LogP contribution is 2.27. The number of aromatic nitrogens is 2. The van der Waals surface area contributed by atoms with Gasteiger partial charge in [-0.1, -0.05) is 6.07 Å². The molecule has 1 saturated heterocycles. The molecule has 1 aliphatic heterocycles. The minimum Gasteiger partial charge on any atom is -0.493 e. The zero-order valence-electron chi connectivity index (χ0n) is 18.7. The first-order valence-electron chi connectivity index (χ1n) is 10.6. The van der Waals surface area contributed by atoms with Gasteiger partial charge in [-0.2, -0.15) is 0 Å². The van der Waals surface area contributed by atoms with Crippen molar-refractivity contribution in [3.8, 4) is 11.5 Å². The number of hydrogen-bond donors (Lipinski definition) is 2. The summed E-state index contributed by atoms with van der Waals surface area (Å²) in [7, 11) is 5.07. The second-order valence-electron chi connectivity index (χ2n) is 7.27. The van der Waals surface area contributed by atoms with Crippen LogP contribution in [0.5, 0.6) is 11.5 Å². The van der Waals surface area contributed by atoms with E-state index in [9.17, 15) is 0 Å². The normalized spacial score (nSPS) is 14.9. The van der Waals surface area contributed by atoms with Crippen molar-refractivity contribution >= 4 is 11.9 Å². The van der Waals surface area contributed by atoms with Crippen molar-refractivity contribution < 1.29 is 9.47 Å². The lowest BCUT2D eigenvalue weighted by molar-refractivity contribution is 0.254. The third kappa shape index (κ3) is 6.71. The van der Waals surface area contributed by atoms with Crippen LogP contribution in [0, 0.1) is 0 Å². The van der Waals surface area contributed by atoms with E-state index in [2.05, 4.69) is 35.4 Å². The van der Waals surface area contributed by atoms with E-state index in [0.29, 0.717) is 6.54 Å². The molecule has 9 heteroatoms. The molecule has 3 rings (SSSR count). The molecule has 1 aliphatic rings. The van der Waals surface area contributed by atoms with Gasteiger partial charge < -0.3 is 25.0 Å². The number of hydrogen-bond acceptors (Lipinski definition) is 7. The number of ether oxygens (including phenoxy) is 2. The van der Waals surface area contributed by atoms with Crippen molar-refractivity contribution in [1.29, 1.82) is 0 Å². The minimum atomic E-state index is 0.656. The van der Waals surface area contributed by atoms with Crippen molar-refractivity contribution in [3.63, 3.8) is 0 Å². The van der Waals surface area contributed by atoms with Gasteiger partial charge in [-0.3, -0.25) is 9.89 Å². The van der Waals surface area contributed by atoms with E-state index in [4.69, 9.17) is 9.47 Å². The fraction of sp³-hybridized carbons (Fsp3) is 0.500. The molecule has 1 aromatic carbocycles. The molecule has 168 valence electrons. The summed E-state index contributed by atoms with van der Waals surface area (Å²) in [4.78, 5) is 17.7. The maximum absolute atomic E-state index is 5.37. The Morgan fingerprint density at radius 1 is 1.03 bits per heavy atom. The Hall–Kier alpha value is -3.07. The minimum absolute atomic E-state index is 0.656. The van der Waals surface area contributed by atoms with Crippen molar-refractivity contribution in [2.45, 2.75) is 13.0 Å². The largest absolute Gasteiger partial charge is 0.493 e. The molecule has 0 amide bonds. The number of piperazine rings is 1. The maximum Gasteiger partial charge on any atom is 0.225 e. The van der Waals surface area contributed by atoms with Crippen molar-refractivity contribution in [3.05, 3.63) is 42.2 Å². The fourth-order valence-electron chi connectivity index (χ4n) is 3.53. The van der Waals surface area contributed by atoms with Gasteiger partial charge in [0.25, 0.3) is 0 Å². The van der Waals surface area contributed by atoms with Crippen LogP contribution in [0.15, 0.2) is 41.7 Å². The Balaban J connectivity index is 1.33. The predicted molar refractivity (Wildman–Crippen MR) is 123 cm³/mol. The molecule has 2 N–H and O–H groups in total. The van der Waals surface area contributed by atoms with Crippen LogP contribution in [-0.2, 0) is 6.54 Å². The summed E-state index contributed by atoms with van der Waals surface area (Å²) < 4.78 is 10.7. The number of rotatable bonds is 9. The highest BCUT2D eigenvalue weighted by Gasteiger charge is 2.18. The average Bonchev–Trinajstić information content (AvgIpc) is 2.84. The Labute approximate surface area is 184 Å². The fourth-order valence-corrected chi connectivity index (χ4v) is 3.53. The lowest BCUT2D eigenvalue weighted by atomic mass is 10.2. The van der Waals surface area contributed by atoms with Crippen LogP contribution in [0.2, 0.25) is 0 Å². The Morgan fingerprint density at radius 2 is 1.77 bits per heavy atom. The number of methoxy groups -OCH3 is 2. The molecule has 0 radical (unpaired) electrons. The van der Waals surface area contributed by atoms with Gasteiger partial charge in [0, 0.05) is 58.7 Å². The van der Waals surface area contributed by atoms with E-state index in [0.717, 1.165) is 74.7 Å². The smallest absolute Gasteiger partial charge is 0.225 e. The van der Waals surface area contributed by atoms with Gasteiger partial charge in [-0.05, 0) is 36.7 Å². The van der Waals surface area contributed by atoms with Gasteiger partial charge in [0.1, 0.15) is 0 Å². The predicted octanol–water partition coefficient (Wildman–Crippen LogP) is 1.37. The molecule has 0 saturated carbocycles. The monoisotopic (exact) mass is 427 g/mol. The molecule has 0 atom stereocenters. The Morgan fingerprint density at radius 3 is 2.45 bits per heavy atom. The molecule has 31 heavy (non-hydrogen) atoms. The summed E-state index contributed by atoms with van der Waals surface area (Å²) in [6, 6.07) is 7.75. The third-order valence-corrected chi connectivity index (χ3v) is 5.28. The summed E-state index contributed by atoms with van der Waals surface area (Å²) in [6.45, 7) is 6.58. The number of benzene rings is 1. The van der Waals surface area contributed by atoms with Crippen LogP contribution in [0.4, 0.5) is 5.95 Å². The molecule has 1 aromatic heterocycles. The van der Waals surface area contributed by atoms with Gasteiger partial charge >= 0.3 is 0 Å². The molecule has 2 heterocycles. The van der Waals surface area contributed by atoms with Crippen LogP contribution < -0.4 is 25.0 Å². The molecule has 2 aromatic rings. The van der Waals surface area contributed by atoms with E-state index in [-0.39, 0.29) is 0 Å². The second kappa shape index (κ2) is 11.9. The maximum atomic E-state index is 5.37. The van der Waals surface area contributed by atoms with Gasteiger partial charge in [0.15, 0.2) is 17.5 Å². The van der Waals surface area contributed by atoms with Crippen molar-refractivity contribution in [2.75, 3.05) is 65.4 Å². The molecule has 1 fully saturated rings. The average molecular weight is 428 g/mol. The molecule has 0 bridgehead atoms. The molecule has 0 aliphatic carbocycles. The zero-order chi connectivity index (χ0) is 21.9. The van der Waals surface area contributed by atoms with Crippen LogP contribution >= 0.6 is 0 Å². The van der Waals surface area contributed by atoms with Crippen LogP contribution in [0.3, 0.4) is 0 Å². The molecular formula is C22H33N7O2. The summed E-state index contributed by atoms with van der Waals surface area (Å²) >= 11 is 0. The highest BCUT2D eigenvalue weighted by atomic mass is 16.5. The Bertz CT molecular complexity index is 824. The first-order valence-corrected chi connectivity index (χ1v) is 10.6. The van der Waals surface area contributed by atoms with Crippen molar-refractivity contribution in [1.82, 2.24) is 25.5 Å². The first-order chi connectivity index (χ1) is 15.2. The van der Waals surface area contributed by atoms with E-state index in [1.807, 2.05) is 24.3 Å². The first kappa shape index (κ1) is 22.6. The molecule has 9 nitrogen and oxygen atoms in total. The Kier molecular flexibility index (Phi) is 8.71. The summed E-state index contributed by atoms with van der Waals surface area (Å²) in [6.07, 6.45) is 4.65. The van der Waals surface area contributed by atoms with Crippen LogP contribution in [0.25, 0.3) is 0 Å². The number of anilines is 1. The van der Waals surface area contributed by atoms with E-state index >= 15 is 0 Å². The molecular weight excluding hydrogens is 394 g/mol. The summed E-state index contributed by atoms with van der Waals surface area (Å²) in [5, 5.41) is 6.74. The SMILES string of the molecule is CN=C(NCCCN1CCN(c2ncccn2)CC1)NCc1ccc(OC)c(OC)c1. The van der Waals surface area contributed by atoms with Crippen molar-refractivity contribution in [2.24, 2.45) is 4.99 Å². The standard InChI is InChI=1S/C22H33N7O2/c1-23-21(27-17-18-6-7-19(30-2)20(16-18)31-3)24-10-5-11-28-12-14-29(15-13-28)22-25-8-4-9-26-22/h4,6-9,16H,5,10-15,17H2,1-3H3,(H2,23,24,27). The second-order valence-corrected chi connectivity index (χ2v) is 7.27. The number of aliphatic imine (C=N–C) groups is 1. The van der Waals surface area contributed by atoms with E-state index in [1.165, 1.54) is 0 Å². The van der Waals surface area contributed by atoms with Crippen LogP contribution in [-0.4, -0.2) is 81.4 Å². The molecule has 0 spiro atoms. The van der Waals surface area contributed by atoms with Crippen LogP contribution in [0.1, 0.15) is 12.0 Å². The quantitative estimate of drug-likeness (QED) is 0.353. The third-order valence-electron chi connectivity index (χ3n) is 5.28. The zero-order valence-corrected chi connectivity index (χ0v) is 18.7.